The molecule has 2 rings (SSSR count). The quantitative estimate of drug-likeness (QED) is 0.475. The number of nitro groups is 1. The molecule has 2 heterocycles. The Morgan fingerprint density at radius 2 is 2.37 bits per heavy atom. The van der Waals surface area contributed by atoms with Gasteiger partial charge in [0.1, 0.15) is 6.20 Å². The van der Waals surface area contributed by atoms with E-state index in [1.165, 1.54) is 6.20 Å². The fraction of sp³-hybridized carbons (Fsp3) is 0.636. The minimum absolute atomic E-state index is 0.0381. The molecular formula is C11H16ClN5O2. The highest BCUT2D eigenvalue weighted by Gasteiger charge is 2.31. The molecule has 1 saturated heterocycles. The predicted molar refractivity (Wildman–Crippen MR) is 72.6 cm³/mol. The molecular weight excluding hydrogens is 270 g/mol. The zero-order valence-electron chi connectivity index (χ0n) is 10.9. The van der Waals surface area contributed by atoms with E-state index in [-0.39, 0.29) is 17.0 Å². The maximum absolute atomic E-state index is 11.1. The Kier molecular flexibility index (Phi) is 4.16. The molecule has 0 amide bonds. The first-order chi connectivity index (χ1) is 8.99. The molecule has 8 heteroatoms. The molecule has 0 N–H and O–H groups in total. The Balaban J connectivity index is 2.34. The smallest absolute Gasteiger partial charge is 0.329 e. The van der Waals surface area contributed by atoms with Gasteiger partial charge in [0, 0.05) is 19.1 Å². The molecule has 0 aromatic carbocycles. The van der Waals surface area contributed by atoms with Gasteiger partial charge in [0.25, 0.3) is 0 Å². The summed E-state index contributed by atoms with van der Waals surface area (Å²) in [7, 11) is 3.97. The van der Waals surface area contributed by atoms with Crippen LogP contribution in [-0.2, 0) is 0 Å². The summed E-state index contributed by atoms with van der Waals surface area (Å²) >= 11 is 5.77. The molecule has 1 atom stereocenters. The van der Waals surface area contributed by atoms with Crippen LogP contribution in [0.4, 0.5) is 11.5 Å². The van der Waals surface area contributed by atoms with Crippen molar-refractivity contribution in [3.63, 3.8) is 0 Å². The molecule has 19 heavy (non-hydrogen) atoms. The van der Waals surface area contributed by atoms with E-state index in [4.69, 9.17) is 11.6 Å². The molecule has 0 bridgehead atoms. The van der Waals surface area contributed by atoms with E-state index in [9.17, 15) is 10.1 Å². The molecule has 7 nitrogen and oxygen atoms in total. The molecule has 0 spiro atoms. The van der Waals surface area contributed by atoms with Gasteiger partial charge in [-0.05, 0) is 38.5 Å². The normalized spacial score (nSPS) is 19.2. The predicted octanol–water partition coefficient (Wildman–Crippen LogP) is 1.57. The van der Waals surface area contributed by atoms with E-state index in [1.807, 2.05) is 19.0 Å². The molecule has 1 aromatic rings. The Morgan fingerprint density at radius 1 is 1.63 bits per heavy atom. The summed E-state index contributed by atoms with van der Waals surface area (Å²) < 4.78 is 0. The van der Waals surface area contributed by atoms with Crippen LogP contribution in [0.2, 0.25) is 5.28 Å². The zero-order chi connectivity index (χ0) is 14.0. The number of hydrogen-bond acceptors (Lipinski definition) is 6. The van der Waals surface area contributed by atoms with Gasteiger partial charge in [-0.2, -0.15) is 4.98 Å². The number of halogens is 1. The number of rotatable bonds is 4. The summed E-state index contributed by atoms with van der Waals surface area (Å²) in [4.78, 5) is 22.4. The van der Waals surface area contributed by atoms with Gasteiger partial charge in [0.05, 0.1) is 4.92 Å². The van der Waals surface area contributed by atoms with Gasteiger partial charge in [-0.15, -0.1) is 0 Å². The molecule has 104 valence electrons. The van der Waals surface area contributed by atoms with Crippen molar-refractivity contribution in [2.24, 2.45) is 0 Å². The number of hydrogen-bond donors (Lipinski definition) is 0. The number of anilines is 1. The second-order valence-electron chi connectivity index (χ2n) is 4.86. The lowest BCUT2D eigenvalue weighted by atomic mass is 10.2. The lowest BCUT2D eigenvalue weighted by Crippen LogP contribution is -2.38. The van der Waals surface area contributed by atoms with Crippen molar-refractivity contribution in [3.8, 4) is 0 Å². The van der Waals surface area contributed by atoms with Crippen molar-refractivity contribution in [2.45, 2.75) is 18.9 Å². The van der Waals surface area contributed by atoms with Gasteiger partial charge in [-0.25, -0.2) is 4.98 Å². The Morgan fingerprint density at radius 3 is 3.00 bits per heavy atom. The van der Waals surface area contributed by atoms with Crippen LogP contribution in [0.3, 0.4) is 0 Å². The minimum Gasteiger partial charge on any atom is -0.346 e. The molecule has 1 unspecified atom stereocenters. The third-order valence-corrected chi connectivity index (χ3v) is 3.32. The van der Waals surface area contributed by atoms with E-state index in [1.54, 1.807) is 0 Å². The summed E-state index contributed by atoms with van der Waals surface area (Å²) in [5.41, 5.74) is -0.0879. The number of likely N-dealkylation sites (N-methyl/N-ethyl adjacent to an activating group) is 1. The number of aromatic nitrogens is 2. The van der Waals surface area contributed by atoms with E-state index in [0.717, 1.165) is 25.9 Å². The van der Waals surface area contributed by atoms with Crippen LogP contribution in [0.1, 0.15) is 12.8 Å². The van der Waals surface area contributed by atoms with E-state index in [2.05, 4.69) is 14.9 Å². The summed E-state index contributed by atoms with van der Waals surface area (Å²) in [6.07, 6.45) is 3.17. The highest BCUT2D eigenvalue weighted by molar-refractivity contribution is 6.28. The van der Waals surface area contributed by atoms with Crippen LogP contribution in [0.25, 0.3) is 0 Å². The molecule has 1 aliphatic heterocycles. The average molecular weight is 286 g/mol. The molecule has 1 aliphatic rings. The van der Waals surface area contributed by atoms with Crippen molar-refractivity contribution >= 4 is 23.1 Å². The molecule has 1 aromatic heterocycles. The van der Waals surface area contributed by atoms with Gasteiger partial charge in [0.2, 0.25) is 11.1 Å². The van der Waals surface area contributed by atoms with Gasteiger partial charge in [0.15, 0.2) is 0 Å². The van der Waals surface area contributed by atoms with Gasteiger partial charge in [-0.3, -0.25) is 10.1 Å². The van der Waals surface area contributed by atoms with Crippen molar-refractivity contribution in [3.05, 3.63) is 21.6 Å². The van der Waals surface area contributed by atoms with E-state index >= 15 is 0 Å². The van der Waals surface area contributed by atoms with Gasteiger partial charge >= 0.3 is 5.69 Å². The maximum Gasteiger partial charge on any atom is 0.329 e. The van der Waals surface area contributed by atoms with Gasteiger partial charge < -0.3 is 9.80 Å². The van der Waals surface area contributed by atoms with Crippen LogP contribution in [-0.4, -0.2) is 53.0 Å². The fourth-order valence-corrected chi connectivity index (χ4v) is 2.54. The standard InChI is InChI=1S/C11H16ClN5O2/c1-15(2)7-8-4-3-5-16(8)10-9(17(18)19)6-13-11(12)14-10/h6,8H,3-5,7H2,1-2H3. The summed E-state index contributed by atoms with van der Waals surface area (Å²) in [6.45, 7) is 1.59. The molecule has 0 radical (unpaired) electrons. The first kappa shape index (κ1) is 14.0. The van der Waals surface area contributed by atoms with Crippen molar-refractivity contribution in [1.82, 2.24) is 14.9 Å². The van der Waals surface area contributed by atoms with Crippen LogP contribution < -0.4 is 4.90 Å². The zero-order valence-corrected chi connectivity index (χ0v) is 11.7. The molecule has 0 aliphatic carbocycles. The lowest BCUT2D eigenvalue weighted by molar-refractivity contribution is -0.384. The SMILES string of the molecule is CN(C)CC1CCCN1c1nc(Cl)ncc1[N+](=O)[O-]. The van der Waals surface area contributed by atoms with Crippen LogP contribution in [0, 0.1) is 10.1 Å². The Labute approximate surface area is 116 Å². The second kappa shape index (κ2) is 5.66. The van der Waals surface area contributed by atoms with E-state index in [0.29, 0.717) is 5.82 Å². The first-order valence-corrected chi connectivity index (χ1v) is 6.45. The fourth-order valence-electron chi connectivity index (χ4n) is 2.41. The van der Waals surface area contributed by atoms with E-state index < -0.39 is 4.92 Å². The maximum atomic E-state index is 11.1. The van der Waals surface area contributed by atoms with Crippen molar-refractivity contribution in [1.29, 1.82) is 0 Å². The van der Waals surface area contributed by atoms with Crippen molar-refractivity contribution < 1.29 is 4.92 Å². The lowest BCUT2D eigenvalue weighted by Gasteiger charge is -2.27. The topological polar surface area (TPSA) is 75.4 Å². The van der Waals surface area contributed by atoms with Crippen molar-refractivity contribution in [2.75, 3.05) is 32.1 Å². The third kappa shape index (κ3) is 3.10. The average Bonchev–Trinajstić information content (AvgIpc) is 2.75. The van der Waals surface area contributed by atoms with Crippen LogP contribution in [0.15, 0.2) is 6.20 Å². The highest BCUT2D eigenvalue weighted by atomic mass is 35.5. The minimum atomic E-state index is -0.462. The van der Waals surface area contributed by atoms with Gasteiger partial charge in [-0.1, -0.05) is 0 Å². The highest BCUT2D eigenvalue weighted by Crippen LogP contribution is 2.32. The Hall–Kier alpha value is -1.47. The summed E-state index contributed by atoms with van der Waals surface area (Å²) in [6, 6.07) is 0.222. The Bertz CT molecular complexity index is 482. The second-order valence-corrected chi connectivity index (χ2v) is 5.19. The monoisotopic (exact) mass is 285 g/mol. The third-order valence-electron chi connectivity index (χ3n) is 3.14. The summed E-state index contributed by atoms with van der Waals surface area (Å²) in [5, 5.41) is 11.1. The van der Waals surface area contributed by atoms with Crippen LogP contribution >= 0.6 is 11.6 Å². The molecule has 1 fully saturated rings. The number of nitrogens with zero attached hydrogens (tertiary/aromatic N) is 5. The van der Waals surface area contributed by atoms with Crippen LogP contribution in [0.5, 0.6) is 0 Å². The molecule has 0 saturated carbocycles. The summed E-state index contributed by atoms with van der Waals surface area (Å²) in [5.74, 6) is 0.328. The largest absolute Gasteiger partial charge is 0.346 e. The first-order valence-electron chi connectivity index (χ1n) is 6.07.